The Kier molecular flexibility index (Phi) is 4.17. The molecule has 2 nitrogen and oxygen atoms in total. The number of aliphatic hydroxyl groups excluding tert-OH is 1. The van der Waals surface area contributed by atoms with E-state index in [1.54, 1.807) is 14.0 Å². The third-order valence-electron chi connectivity index (χ3n) is 2.42. The van der Waals surface area contributed by atoms with Crippen LogP contribution in [0.4, 0.5) is 0 Å². The van der Waals surface area contributed by atoms with Crippen molar-refractivity contribution in [3.8, 4) is 5.75 Å². The molecule has 1 unspecified atom stereocenters. The Balaban J connectivity index is 3.32. The zero-order valence-electron chi connectivity index (χ0n) is 9.54. The molecule has 0 saturated carbocycles. The molecule has 0 heterocycles. The summed E-state index contributed by atoms with van der Waals surface area (Å²) in [4.78, 5) is 0. The lowest BCUT2D eigenvalue weighted by molar-refractivity contribution is 0.194. The van der Waals surface area contributed by atoms with Gasteiger partial charge >= 0.3 is 0 Å². The van der Waals surface area contributed by atoms with Gasteiger partial charge in [0.2, 0.25) is 0 Å². The first-order chi connectivity index (χ1) is 6.97. The SMILES string of the molecule is COc1c(Br)cc(C(C)C)cc1C(C)O. The van der Waals surface area contributed by atoms with Gasteiger partial charge in [-0.15, -0.1) is 0 Å². The Bertz CT molecular complexity index is 346. The van der Waals surface area contributed by atoms with Crippen molar-refractivity contribution in [1.82, 2.24) is 0 Å². The lowest BCUT2D eigenvalue weighted by Gasteiger charge is -2.16. The lowest BCUT2D eigenvalue weighted by Crippen LogP contribution is -2.00. The first-order valence-corrected chi connectivity index (χ1v) is 5.82. The maximum Gasteiger partial charge on any atom is 0.138 e. The van der Waals surface area contributed by atoms with Crippen LogP contribution in [0.2, 0.25) is 0 Å². The summed E-state index contributed by atoms with van der Waals surface area (Å²) in [7, 11) is 1.61. The van der Waals surface area contributed by atoms with Crippen LogP contribution in [-0.2, 0) is 0 Å². The monoisotopic (exact) mass is 272 g/mol. The Hall–Kier alpha value is -0.540. The van der Waals surface area contributed by atoms with Gasteiger partial charge in [0.05, 0.1) is 17.7 Å². The molecule has 0 fully saturated rings. The summed E-state index contributed by atoms with van der Waals surface area (Å²) in [6, 6.07) is 4.04. The van der Waals surface area contributed by atoms with Crippen LogP contribution in [-0.4, -0.2) is 12.2 Å². The van der Waals surface area contributed by atoms with Crippen LogP contribution in [0.5, 0.6) is 5.75 Å². The molecule has 1 aromatic rings. The van der Waals surface area contributed by atoms with E-state index >= 15 is 0 Å². The summed E-state index contributed by atoms with van der Waals surface area (Å²) in [6.45, 7) is 5.99. The largest absolute Gasteiger partial charge is 0.495 e. The maximum absolute atomic E-state index is 9.67. The molecule has 0 spiro atoms. The van der Waals surface area contributed by atoms with Gasteiger partial charge < -0.3 is 9.84 Å². The lowest BCUT2D eigenvalue weighted by atomic mass is 9.98. The van der Waals surface area contributed by atoms with E-state index < -0.39 is 6.10 Å². The molecule has 84 valence electrons. The maximum atomic E-state index is 9.67. The third kappa shape index (κ3) is 2.73. The summed E-state index contributed by atoms with van der Waals surface area (Å²) in [5.41, 5.74) is 2.02. The number of hydrogen-bond donors (Lipinski definition) is 1. The van der Waals surface area contributed by atoms with E-state index in [1.165, 1.54) is 5.56 Å². The molecule has 0 bridgehead atoms. The van der Waals surface area contributed by atoms with Gasteiger partial charge in [0.25, 0.3) is 0 Å². The molecular formula is C12H17BrO2. The van der Waals surface area contributed by atoms with E-state index in [-0.39, 0.29) is 0 Å². The van der Waals surface area contributed by atoms with Crippen molar-refractivity contribution >= 4 is 15.9 Å². The minimum atomic E-state index is -0.519. The summed E-state index contributed by atoms with van der Waals surface area (Å²) in [6.07, 6.45) is -0.519. The van der Waals surface area contributed by atoms with Gasteiger partial charge in [0.15, 0.2) is 0 Å². The average Bonchev–Trinajstić information content (AvgIpc) is 2.16. The number of rotatable bonds is 3. The normalized spacial score (nSPS) is 13.0. The number of ether oxygens (including phenoxy) is 1. The van der Waals surface area contributed by atoms with Crippen LogP contribution < -0.4 is 4.74 Å². The molecule has 0 aliphatic heterocycles. The first-order valence-electron chi connectivity index (χ1n) is 5.02. The van der Waals surface area contributed by atoms with Gasteiger partial charge in [-0.1, -0.05) is 13.8 Å². The second-order valence-electron chi connectivity index (χ2n) is 3.96. The van der Waals surface area contributed by atoms with Crippen LogP contribution in [0.3, 0.4) is 0 Å². The van der Waals surface area contributed by atoms with Crippen molar-refractivity contribution in [2.45, 2.75) is 32.8 Å². The highest BCUT2D eigenvalue weighted by atomic mass is 79.9. The molecule has 0 aromatic heterocycles. The van der Waals surface area contributed by atoms with E-state index in [9.17, 15) is 5.11 Å². The van der Waals surface area contributed by atoms with Crippen LogP contribution in [0.25, 0.3) is 0 Å². The molecule has 1 aromatic carbocycles. The number of hydrogen-bond acceptors (Lipinski definition) is 2. The van der Waals surface area contributed by atoms with Gasteiger partial charge in [0.1, 0.15) is 5.75 Å². The van der Waals surface area contributed by atoms with Crippen molar-refractivity contribution < 1.29 is 9.84 Å². The third-order valence-corrected chi connectivity index (χ3v) is 3.00. The molecule has 0 saturated heterocycles. The van der Waals surface area contributed by atoms with Crippen molar-refractivity contribution in [2.24, 2.45) is 0 Å². The molecule has 3 heteroatoms. The smallest absolute Gasteiger partial charge is 0.138 e. The van der Waals surface area contributed by atoms with Gasteiger partial charge in [-0.25, -0.2) is 0 Å². The Labute approximate surface area is 99.4 Å². The van der Waals surface area contributed by atoms with Gasteiger partial charge in [-0.05, 0) is 46.5 Å². The van der Waals surface area contributed by atoms with Gasteiger partial charge in [-0.2, -0.15) is 0 Å². The van der Waals surface area contributed by atoms with E-state index in [4.69, 9.17) is 4.74 Å². The second-order valence-corrected chi connectivity index (χ2v) is 4.81. The van der Waals surface area contributed by atoms with Gasteiger partial charge in [-0.3, -0.25) is 0 Å². The van der Waals surface area contributed by atoms with Crippen molar-refractivity contribution in [1.29, 1.82) is 0 Å². The fourth-order valence-corrected chi connectivity index (χ4v) is 2.15. The Morgan fingerprint density at radius 1 is 1.27 bits per heavy atom. The zero-order valence-corrected chi connectivity index (χ0v) is 11.1. The first kappa shape index (κ1) is 12.5. The zero-order chi connectivity index (χ0) is 11.6. The average molecular weight is 273 g/mol. The quantitative estimate of drug-likeness (QED) is 0.911. The highest BCUT2D eigenvalue weighted by Crippen LogP contribution is 2.36. The summed E-state index contributed by atoms with van der Waals surface area (Å²) < 4.78 is 6.16. The molecule has 1 N–H and O–H groups in total. The minimum absolute atomic E-state index is 0.435. The van der Waals surface area contributed by atoms with Crippen molar-refractivity contribution in [3.63, 3.8) is 0 Å². The molecule has 0 radical (unpaired) electrons. The highest BCUT2D eigenvalue weighted by molar-refractivity contribution is 9.10. The van der Waals surface area contributed by atoms with E-state index in [2.05, 4.69) is 29.8 Å². The van der Waals surface area contributed by atoms with Crippen LogP contribution in [0, 0.1) is 0 Å². The molecule has 1 rings (SSSR count). The number of aliphatic hydroxyl groups is 1. The fraction of sp³-hybridized carbons (Fsp3) is 0.500. The molecule has 0 aliphatic carbocycles. The summed E-state index contributed by atoms with van der Waals surface area (Å²) >= 11 is 3.46. The highest BCUT2D eigenvalue weighted by Gasteiger charge is 2.14. The number of methoxy groups -OCH3 is 1. The Morgan fingerprint density at radius 3 is 2.27 bits per heavy atom. The topological polar surface area (TPSA) is 29.5 Å². The van der Waals surface area contributed by atoms with Crippen molar-refractivity contribution in [2.75, 3.05) is 7.11 Å². The predicted octanol–water partition coefficient (Wildman–Crippen LogP) is 3.63. The number of halogens is 1. The second kappa shape index (κ2) is 4.99. The molecule has 0 amide bonds. The molecular weight excluding hydrogens is 256 g/mol. The number of benzene rings is 1. The van der Waals surface area contributed by atoms with E-state index in [1.807, 2.05) is 12.1 Å². The molecule has 1 atom stereocenters. The van der Waals surface area contributed by atoms with Crippen molar-refractivity contribution in [3.05, 3.63) is 27.7 Å². The van der Waals surface area contributed by atoms with E-state index in [0.717, 1.165) is 15.8 Å². The molecule has 0 aliphatic rings. The summed E-state index contributed by atoms with van der Waals surface area (Å²) in [5.74, 6) is 1.15. The Morgan fingerprint density at radius 2 is 1.87 bits per heavy atom. The van der Waals surface area contributed by atoms with Crippen LogP contribution in [0.1, 0.15) is 43.9 Å². The summed E-state index contributed by atoms with van der Waals surface area (Å²) in [5, 5.41) is 9.67. The van der Waals surface area contributed by atoms with Crippen LogP contribution in [0.15, 0.2) is 16.6 Å². The van der Waals surface area contributed by atoms with E-state index in [0.29, 0.717) is 5.92 Å². The predicted molar refractivity (Wildman–Crippen MR) is 65.4 cm³/mol. The minimum Gasteiger partial charge on any atom is -0.495 e. The van der Waals surface area contributed by atoms with Gasteiger partial charge in [0, 0.05) is 5.56 Å². The van der Waals surface area contributed by atoms with Crippen LogP contribution >= 0.6 is 15.9 Å². The fourth-order valence-electron chi connectivity index (χ4n) is 1.50. The molecule has 15 heavy (non-hydrogen) atoms. The standard InChI is InChI=1S/C12H17BrO2/c1-7(2)9-5-10(8(3)14)12(15-4)11(13)6-9/h5-8,14H,1-4H3.